The van der Waals surface area contributed by atoms with Gasteiger partial charge in [-0.3, -0.25) is 9.10 Å². The van der Waals surface area contributed by atoms with E-state index in [1.54, 1.807) is 35.2 Å². The average Bonchev–Trinajstić information content (AvgIpc) is 2.82. The van der Waals surface area contributed by atoms with Gasteiger partial charge in [0.25, 0.3) is 10.0 Å². The second kappa shape index (κ2) is 9.17. The van der Waals surface area contributed by atoms with E-state index in [0.29, 0.717) is 18.7 Å². The molecule has 0 fully saturated rings. The normalized spacial score (nSPS) is 13.5. The first kappa shape index (κ1) is 22.1. The molecule has 4 rings (SSSR count). The number of rotatable bonds is 6. The van der Waals surface area contributed by atoms with Crippen LogP contribution in [0.1, 0.15) is 30.0 Å². The zero-order valence-electron chi connectivity index (χ0n) is 18.5. The third-order valence-corrected chi connectivity index (χ3v) is 7.71. The lowest BCUT2D eigenvalue weighted by atomic mass is 10.0. The van der Waals surface area contributed by atoms with Gasteiger partial charge < -0.3 is 4.90 Å². The molecule has 0 saturated carbocycles. The van der Waals surface area contributed by atoms with E-state index >= 15 is 0 Å². The van der Waals surface area contributed by atoms with E-state index in [-0.39, 0.29) is 17.3 Å². The van der Waals surface area contributed by atoms with Gasteiger partial charge in [0.05, 0.1) is 10.6 Å². The van der Waals surface area contributed by atoms with Gasteiger partial charge in [0.1, 0.15) is 6.54 Å². The van der Waals surface area contributed by atoms with Gasteiger partial charge in [-0.25, -0.2) is 8.42 Å². The molecule has 0 atom stereocenters. The predicted octanol–water partition coefficient (Wildman–Crippen LogP) is 4.73. The van der Waals surface area contributed by atoms with Gasteiger partial charge >= 0.3 is 0 Å². The third kappa shape index (κ3) is 4.28. The number of aryl methyl sites for hydroxylation is 3. The van der Waals surface area contributed by atoms with E-state index in [1.165, 1.54) is 4.31 Å². The summed E-state index contributed by atoms with van der Waals surface area (Å²) in [4.78, 5) is 15.4. The second-order valence-corrected chi connectivity index (χ2v) is 9.95. The number of para-hydroxylation sites is 2. The molecule has 0 aliphatic carbocycles. The fourth-order valence-electron chi connectivity index (χ4n) is 4.19. The Balaban J connectivity index is 1.75. The van der Waals surface area contributed by atoms with Gasteiger partial charge in [-0.05, 0) is 61.6 Å². The van der Waals surface area contributed by atoms with Crippen LogP contribution in [-0.4, -0.2) is 27.4 Å². The van der Waals surface area contributed by atoms with Crippen LogP contribution in [0.3, 0.4) is 0 Å². The van der Waals surface area contributed by atoms with Gasteiger partial charge in [-0.1, -0.05) is 61.0 Å². The van der Waals surface area contributed by atoms with E-state index in [0.717, 1.165) is 35.2 Å². The second-order valence-electron chi connectivity index (χ2n) is 8.08. The zero-order chi connectivity index (χ0) is 22.7. The summed E-state index contributed by atoms with van der Waals surface area (Å²) in [5.74, 6) is -0.223. The Labute approximate surface area is 190 Å². The van der Waals surface area contributed by atoms with E-state index < -0.39 is 10.0 Å². The van der Waals surface area contributed by atoms with Gasteiger partial charge in [0.2, 0.25) is 5.91 Å². The summed E-state index contributed by atoms with van der Waals surface area (Å²) in [5.41, 5.74) is 4.41. The number of hydrogen-bond donors (Lipinski definition) is 0. The van der Waals surface area contributed by atoms with Crippen molar-refractivity contribution >= 4 is 27.3 Å². The highest BCUT2D eigenvalue weighted by Crippen LogP contribution is 2.30. The third-order valence-electron chi connectivity index (χ3n) is 5.94. The van der Waals surface area contributed by atoms with Crippen LogP contribution >= 0.6 is 0 Å². The first-order valence-electron chi connectivity index (χ1n) is 11.0. The molecule has 1 aliphatic rings. The molecule has 1 heterocycles. The van der Waals surface area contributed by atoms with Gasteiger partial charge in [0.15, 0.2) is 0 Å². The van der Waals surface area contributed by atoms with E-state index in [9.17, 15) is 13.2 Å². The molecule has 0 aromatic heterocycles. The molecule has 0 spiro atoms. The van der Waals surface area contributed by atoms with Gasteiger partial charge in [-0.2, -0.15) is 0 Å². The molecule has 0 unspecified atom stereocenters. The Morgan fingerprint density at radius 3 is 2.41 bits per heavy atom. The van der Waals surface area contributed by atoms with Crippen LogP contribution in [0.5, 0.6) is 0 Å². The maximum absolute atomic E-state index is 13.7. The molecule has 0 saturated heterocycles. The molecule has 1 aliphatic heterocycles. The summed E-state index contributed by atoms with van der Waals surface area (Å²) < 4.78 is 28.7. The summed E-state index contributed by atoms with van der Waals surface area (Å²) in [6, 6.07) is 22.0. The van der Waals surface area contributed by atoms with Crippen molar-refractivity contribution < 1.29 is 13.2 Å². The molecule has 1 amide bonds. The molecule has 0 N–H and O–H groups in total. The minimum Gasteiger partial charge on any atom is -0.311 e. The highest BCUT2D eigenvalue weighted by atomic mass is 32.2. The number of fused-ring (bicyclic) bond motifs is 1. The summed E-state index contributed by atoms with van der Waals surface area (Å²) in [7, 11) is -3.93. The highest BCUT2D eigenvalue weighted by molar-refractivity contribution is 7.92. The van der Waals surface area contributed by atoms with Gasteiger partial charge in [-0.15, -0.1) is 0 Å². The van der Waals surface area contributed by atoms with Crippen molar-refractivity contribution in [2.75, 3.05) is 22.3 Å². The van der Waals surface area contributed by atoms with E-state index in [1.807, 2.05) is 56.3 Å². The molecule has 6 heteroatoms. The number of hydrogen-bond acceptors (Lipinski definition) is 3. The van der Waals surface area contributed by atoms with Crippen LogP contribution in [0.4, 0.5) is 11.4 Å². The van der Waals surface area contributed by atoms with Crippen LogP contribution in [0, 0.1) is 6.92 Å². The first-order valence-corrected chi connectivity index (χ1v) is 12.4. The largest absolute Gasteiger partial charge is 0.311 e. The predicted molar refractivity (Wildman–Crippen MR) is 129 cm³/mol. The lowest BCUT2D eigenvalue weighted by Gasteiger charge is -2.32. The standard InChI is InChI=1S/C26H28N2O3S/c1-3-21-9-4-7-13-25(21)28(32(30,31)23-16-14-20(2)15-17-23)19-26(29)27-18-8-11-22-10-5-6-12-24(22)27/h4-7,9-10,12-17H,3,8,11,18-19H2,1-2H3. The van der Waals surface area contributed by atoms with Crippen molar-refractivity contribution in [2.24, 2.45) is 0 Å². The molecular weight excluding hydrogens is 420 g/mol. The van der Waals surface area contributed by atoms with Crippen molar-refractivity contribution in [3.8, 4) is 0 Å². The molecule has 0 bridgehead atoms. The maximum atomic E-state index is 13.7. The number of sulfonamides is 1. The minimum absolute atomic E-state index is 0.181. The Kier molecular flexibility index (Phi) is 6.33. The smallest absolute Gasteiger partial charge is 0.264 e. The molecular formula is C26H28N2O3S. The number of benzene rings is 3. The summed E-state index contributed by atoms with van der Waals surface area (Å²) in [5, 5.41) is 0. The van der Waals surface area contributed by atoms with Crippen molar-refractivity contribution in [3.05, 3.63) is 89.5 Å². The summed E-state index contributed by atoms with van der Waals surface area (Å²) in [6.45, 7) is 4.24. The van der Waals surface area contributed by atoms with Crippen LogP contribution in [-0.2, 0) is 27.7 Å². The maximum Gasteiger partial charge on any atom is 0.264 e. The first-order chi connectivity index (χ1) is 15.4. The van der Waals surface area contributed by atoms with Crippen molar-refractivity contribution in [3.63, 3.8) is 0 Å². The Morgan fingerprint density at radius 2 is 1.66 bits per heavy atom. The fourth-order valence-corrected chi connectivity index (χ4v) is 5.64. The van der Waals surface area contributed by atoms with Crippen LogP contribution < -0.4 is 9.21 Å². The van der Waals surface area contributed by atoms with Crippen molar-refractivity contribution in [1.82, 2.24) is 0 Å². The van der Waals surface area contributed by atoms with Crippen LogP contribution in [0.25, 0.3) is 0 Å². The average molecular weight is 449 g/mol. The van der Waals surface area contributed by atoms with Gasteiger partial charge in [0, 0.05) is 12.2 Å². The molecule has 3 aromatic rings. The number of carbonyl (C=O) groups is 1. The number of nitrogens with zero attached hydrogens (tertiary/aromatic N) is 2. The summed E-state index contributed by atoms with van der Waals surface area (Å²) >= 11 is 0. The zero-order valence-corrected chi connectivity index (χ0v) is 19.3. The summed E-state index contributed by atoms with van der Waals surface area (Å²) in [6.07, 6.45) is 2.44. The monoisotopic (exact) mass is 448 g/mol. The minimum atomic E-state index is -3.93. The molecule has 32 heavy (non-hydrogen) atoms. The van der Waals surface area contributed by atoms with Crippen molar-refractivity contribution in [2.45, 2.75) is 38.0 Å². The Hall–Kier alpha value is -3.12. The molecule has 0 radical (unpaired) electrons. The van der Waals surface area contributed by atoms with E-state index in [2.05, 4.69) is 0 Å². The topological polar surface area (TPSA) is 57.7 Å². The molecule has 5 nitrogen and oxygen atoms in total. The molecule has 3 aromatic carbocycles. The van der Waals surface area contributed by atoms with E-state index in [4.69, 9.17) is 0 Å². The fraction of sp³-hybridized carbons (Fsp3) is 0.269. The Bertz CT molecular complexity index is 1220. The number of anilines is 2. The lowest BCUT2D eigenvalue weighted by Crippen LogP contribution is -2.45. The SMILES string of the molecule is CCc1ccccc1N(CC(=O)N1CCCc2ccccc21)S(=O)(=O)c1ccc(C)cc1. The highest BCUT2D eigenvalue weighted by Gasteiger charge is 2.31. The van der Waals surface area contributed by atoms with Crippen LogP contribution in [0.2, 0.25) is 0 Å². The number of carbonyl (C=O) groups excluding carboxylic acids is 1. The molecule has 166 valence electrons. The van der Waals surface area contributed by atoms with Crippen molar-refractivity contribution in [1.29, 1.82) is 0 Å². The Morgan fingerprint density at radius 1 is 0.969 bits per heavy atom. The van der Waals surface area contributed by atoms with Crippen LogP contribution in [0.15, 0.2) is 77.7 Å². The lowest BCUT2D eigenvalue weighted by molar-refractivity contribution is -0.117. The quantitative estimate of drug-likeness (QED) is 0.548. The number of amides is 1.